The van der Waals surface area contributed by atoms with Crippen LogP contribution < -0.4 is 10.2 Å². The molecule has 0 radical (unpaired) electrons. The number of nitrogens with zero attached hydrogens (tertiary/aromatic N) is 2. The molecule has 5 heteroatoms. The summed E-state index contributed by atoms with van der Waals surface area (Å²) in [7, 11) is 0. The summed E-state index contributed by atoms with van der Waals surface area (Å²) >= 11 is 0. The molecule has 1 N–H and O–H groups in total. The summed E-state index contributed by atoms with van der Waals surface area (Å²) in [5.41, 5.74) is 4.12. The van der Waals surface area contributed by atoms with Crippen molar-refractivity contribution in [3.63, 3.8) is 0 Å². The van der Waals surface area contributed by atoms with E-state index in [9.17, 15) is 9.59 Å². The molecule has 2 aliphatic rings. The van der Waals surface area contributed by atoms with E-state index in [1.807, 2.05) is 37.3 Å². The number of anilines is 2. The van der Waals surface area contributed by atoms with Gasteiger partial charge in [0.1, 0.15) is 6.54 Å². The predicted octanol–water partition coefficient (Wildman–Crippen LogP) is 2.42. The standard InChI is InChI=1S/C20H21N3O2/c1-14(22-11-10-15-6-2-3-7-16(15)12-22)20(25)23-13-19(24)21-17-8-4-5-9-18(17)23/h2-9,14H,10-13H2,1H3,(H,21,24)/t14-/m1/s1. The van der Waals surface area contributed by atoms with E-state index in [1.165, 1.54) is 11.1 Å². The third-order valence-corrected chi connectivity index (χ3v) is 5.10. The molecule has 2 heterocycles. The Morgan fingerprint density at radius 1 is 1.04 bits per heavy atom. The number of para-hydroxylation sites is 2. The summed E-state index contributed by atoms with van der Waals surface area (Å²) in [4.78, 5) is 28.9. The molecule has 25 heavy (non-hydrogen) atoms. The Balaban J connectivity index is 1.56. The highest BCUT2D eigenvalue weighted by molar-refractivity contribution is 6.11. The van der Waals surface area contributed by atoms with Gasteiger partial charge in [-0.3, -0.25) is 19.4 Å². The molecule has 1 atom stereocenters. The first kappa shape index (κ1) is 15.8. The van der Waals surface area contributed by atoms with Gasteiger partial charge in [0.05, 0.1) is 17.4 Å². The summed E-state index contributed by atoms with van der Waals surface area (Å²) in [5.74, 6) is -0.176. The molecule has 0 spiro atoms. The van der Waals surface area contributed by atoms with Crippen LogP contribution in [0, 0.1) is 0 Å². The molecule has 2 aromatic rings. The summed E-state index contributed by atoms with van der Waals surface area (Å²) < 4.78 is 0. The maximum Gasteiger partial charge on any atom is 0.244 e. The first-order valence-corrected chi connectivity index (χ1v) is 8.64. The van der Waals surface area contributed by atoms with Crippen LogP contribution in [0.5, 0.6) is 0 Å². The second kappa shape index (κ2) is 6.33. The van der Waals surface area contributed by atoms with E-state index in [4.69, 9.17) is 0 Å². The molecule has 0 aromatic heterocycles. The van der Waals surface area contributed by atoms with Crippen LogP contribution >= 0.6 is 0 Å². The Morgan fingerprint density at radius 3 is 2.60 bits per heavy atom. The summed E-state index contributed by atoms with van der Waals surface area (Å²) in [6.45, 7) is 3.63. The van der Waals surface area contributed by atoms with Crippen LogP contribution in [0.25, 0.3) is 0 Å². The van der Waals surface area contributed by atoms with Crippen molar-refractivity contribution in [2.24, 2.45) is 0 Å². The largest absolute Gasteiger partial charge is 0.323 e. The Kier molecular flexibility index (Phi) is 4.01. The van der Waals surface area contributed by atoms with Crippen LogP contribution in [0.15, 0.2) is 48.5 Å². The summed E-state index contributed by atoms with van der Waals surface area (Å²) in [5, 5.41) is 2.83. The van der Waals surface area contributed by atoms with Crippen molar-refractivity contribution >= 4 is 23.2 Å². The van der Waals surface area contributed by atoms with Crippen molar-refractivity contribution in [3.8, 4) is 0 Å². The Bertz CT molecular complexity index is 833. The van der Waals surface area contributed by atoms with Gasteiger partial charge in [0.15, 0.2) is 0 Å². The van der Waals surface area contributed by atoms with E-state index in [1.54, 1.807) is 4.90 Å². The van der Waals surface area contributed by atoms with Gasteiger partial charge in [0.2, 0.25) is 11.8 Å². The molecule has 0 aliphatic carbocycles. The number of rotatable bonds is 2. The van der Waals surface area contributed by atoms with E-state index >= 15 is 0 Å². The second-order valence-corrected chi connectivity index (χ2v) is 6.65. The third kappa shape index (κ3) is 2.91. The zero-order chi connectivity index (χ0) is 17.4. The van der Waals surface area contributed by atoms with E-state index in [-0.39, 0.29) is 24.4 Å². The van der Waals surface area contributed by atoms with Gasteiger partial charge >= 0.3 is 0 Å². The van der Waals surface area contributed by atoms with Crippen molar-refractivity contribution in [2.45, 2.75) is 25.9 Å². The predicted molar refractivity (Wildman–Crippen MR) is 97.4 cm³/mol. The van der Waals surface area contributed by atoms with Gasteiger partial charge in [-0.15, -0.1) is 0 Å². The number of benzene rings is 2. The number of amides is 2. The molecule has 0 saturated carbocycles. The van der Waals surface area contributed by atoms with Gasteiger partial charge in [-0.2, -0.15) is 0 Å². The minimum absolute atomic E-state index is 0.0262. The lowest BCUT2D eigenvalue weighted by molar-refractivity contribution is -0.125. The van der Waals surface area contributed by atoms with Crippen LogP contribution in [0.1, 0.15) is 18.1 Å². The van der Waals surface area contributed by atoms with E-state index in [0.717, 1.165) is 25.2 Å². The molecule has 4 rings (SSSR count). The Hall–Kier alpha value is -2.66. The first-order chi connectivity index (χ1) is 12.1. The zero-order valence-corrected chi connectivity index (χ0v) is 14.2. The normalized spacial score (nSPS) is 18.1. The highest BCUT2D eigenvalue weighted by Gasteiger charge is 2.33. The lowest BCUT2D eigenvalue weighted by Crippen LogP contribution is -2.52. The SMILES string of the molecule is C[C@H](C(=O)N1CC(=O)Nc2ccccc21)N1CCc2ccccc2C1. The van der Waals surface area contributed by atoms with E-state index < -0.39 is 0 Å². The number of nitrogens with one attached hydrogen (secondary N) is 1. The van der Waals surface area contributed by atoms with Crippen molar-refractivity contribution in [1.29, 1.82) is 0 Å². The average Bonchev–Trinajstić information content (AvgIpc) is 2.65. The summed E-state index contributed by atoms with van der Waals surface area (Å²) in [6, 6.07) is 15.6. The molecular weight excluding hydrogens is 314 g/mol. The van der Waals surface area contributed by atoms with Crippen LogP contribution in [0.4, 0.5) is 11.4 Å². The number of hydrogen-bond acceptors (Lipinski definition) is 3. The first-order valence-electron chi connectivity index (χ1n) is 8.64. The smallest absolute Gasteiger partial charge is 0.244 e. The zero-order valence-electron chi connectivity index (χ0n) is 14.2. The minimum atomic E-state index is -0.271. The molecule has 0 bridgehead atoms. The minimum Gasteiger partial charge on any atom is -0.323 e. The van der Waals surface area contributed by atoms with Crippen LogP contribution in [0.2, 0.25) is 0 Å². The molecular formula is C20H21N3O2. The fourth-order valence-electron chi connectivity index (χ4n) is 3.66. The number of fused-ring (bicyclic) bond motifs is 2. The van der Waals surface area contributed by atoms with Gasteiger partial charge in [0, 0.05) is 13.1 Å². The van der Waals surface area contributed by atoms with Gasteiger partial charge in [-0.05, 0) is 36.6 Å². The van der Waals surface area contributed by atoms with Crippen molar-refractivity contribution in [1.82, 2.24) is 4.90 Å². The van der Waals surface area contributed by atoms with Gasteiger partial charge < -0.3 is 5.32 Å². The van der Waals surface area contributed by atoms with Crippen molar-refractivity contribution in [3.05, 3.63) is 59.7 Å². The van der Waals surface area contributed by atoms with E-state index in [2.05, 4.69) is 28.4 Å². The monoisotopic (exact) mass is 335 g/mol. The molecule has 0 saturated heterocycles. The highest BCUT2D eigenvalue weighted by atomic mass is 16.2. The van der Waals surface area contributed by atoms with Crippen LogP contribution in [-0.4, -0.2) is 35.8 Å². The van der Waals surface area contributed by atoms with Gasteiger partial charge in [-0.25, -0.2) is 0 Å². The Morgan fingerprint density at radius 2 is 1.76 bits per heavy atom. The van der Waals surface area contributed by atoms with Gasteiger partial charge in [-0.1, -0.05) is 36.4 Å². The lowest BCUT2D eigenvalue weighted by atomic mass is 9.98. The van der Waals surface area contributed by atoms with Gasteiger partial charge in [0.25, 0.3) is 0 Å². The van der Waals surface area contributed by atoms with Crippen molar-refractivity contribution in [2.75, 3.05) is 23.3 Å². The highest BCUT2D eigenvalue weighted by Crippen LogP contribution is 2.30. The Labute approximate surface area is 147 Å². The maximum atomic E-state index is 13.1. The summed E-state index contributed by atoms with van der Waals surface area (Å²) in [6.07, 6.45) is 0.949. The molecule has 128 valence electrons. The quantitative estimate of drug-likeness (QED) is 0.917. The molecule has 2 amide bonds. The molecule has 2 aromatic carbocycles. The molecule has 2 aliphatic heterocycles. The fourth-order valence-corrected chi connectivity index (χ4v) is 3.66. The fraction of sp³-hybridized carbons (Fsp3) is 0.300. The van der Waals surface area contributed by atoms with Crippen molar-refractivity contribution < 1.29 is 9.59 Å². The number of hydrogen-bond donors (Lipinski definition) is 1. The van der Waals surface area contributed by atoms with Crippen LogP contribution in [-0.2, 0) is 22.6 Å². The van der Waals surface area contributed by atoms with Crippen LogP contribution in [0.3, 0.4) is 0 Å². The maximum absolute atomic E-state index is 13.1. The lowest BCUT2D eigenvalue weighted by Gasteiger charge is -2.37. The second-order valence-electron chi connectivity index (χ2n) is 6.65. The number of carbonyl (C=O) groups excluding carboxylic acids is 2. The molecule has 0 fully saturated rings. The van der Waals surface area contributed by atoms with E-state index in [0.29, 0.717) is 5.69 Å². The third-order valence-electron chi connectivity index (χ3n) is 5.10. The number of carbonyl (C=O) groups is 2. The molecule has 5 nitrogen and oxygen atoms in total. The average molecular weight is 335 g/mol. The topological polar surface area (TPSA) is 52.7 Å². The molecule has 0 unspecified atom stereocenters.